The Morgan fingerprint density at radius 2 is 0.763 bits per heavy atom. The van der Waals surface area contributed by atoms with Gasteiger partial charge in [-0.1, -0.05) is 170 Å². The minimum Gasteiger partial charge on any atom is -0.456 e. The van der Waals surface area contributed by atoms with Gasteiger partial charge in [-0.2, -0.15) is 0 Å². The van der Waals surface area contributed by atoms with Gasteiger partial charge >= 0.3 is 0 Å². The smallest absolute Gasteiger partial charge is 0.167 e. The van der Waals surface area contributed by atoms with E-state index < -0.39 is 0 Å². The molecule has 0 fully saturated rings. The molecule has 0 aliphatic rings. The van der Waals surface area contributed by atoms with E-state index in [1.54, 1.807) is 0 Å². The Morgan fingerprint density at radius 3 is 1.51 bits per heavy atom. The largest absolute Gasteiger partial charge is 0.456 e. The summed E-state index contributed by atoms with van der Waals surface area (Å²) in [5.41, 5.74) is 16.8. The van der Waals surface area contributed by atoms with Gasteiger partial charge in [0.25, 0.3) is 0 Å². The van der Waals surface area contributed by atoms with Crippen LogP contribution in [0.3, 0.4) is 0 Å². The van der Waals surface area contributed by atoms with Crippen molar-refractivity contribution in [2.75, 3.05) is 0 Å². The van der Waals surface area contributed by atoms with E-state index in [4.69, 9.17) is 23.8 Å². The first kappa shape index (κ1) is 42.2. The van der Waals surface area contributed by atoms with E-state index in [1.807, 2.05) is 60.7 Å². The maximum Gasteiger partial charge on any atom is 0.167 e. The molecule has 0 saturated carbocycles. The Bertz CT molecular complexity index is 4970. The molecule has 0 aliphatic heterocycles. The topological polar surface area (TPSA) is 74.8 Å². The van der Waals surface area contributed by atoms with Gasteiger partial charge in [0.05, 0.1) is 38.7 Å². The van der Waals surface area contributed by atoms with Gasteiger partial charge in [0.1, 0.15) is 22.3 Å². The van der Waals surface area contributed by atoms with Crippen molar-refractivity contribution >= 4 is 87.5 Å². The van der Waals surface area contributed by atoms with Crippen molar-refractivity contribution in [3.8, 4) is 67.8 Å². The molecule has 0 atom stereocenters. The molecule has 7 nitrogen and oxygen atoms in total. The van der Waals surface area contributed by atoms with Crippen LogP contribution in [0.25, 0.3) is 155 Å². The van der Waals surface area contributed by atoms with E-state index in [2.05, 4.69) is 197 Å². The predicted octanol–water partition coefficient (Wildman–Crippen LogP) is 18.2. The van der Waals surface area contributed by atoms with Crippen LogP contribution >= 0.6 is 0 Å². The summed E-state index contributed by atoms with van der Waals surface area (Å²) < 4.78 is 18.2. The number of benzene rings is 11. The SMILES string of the molecule is c1ccc(-c2ccc(-c3nc(-c4ccccc4)nc(-c4ccc(-n5c6ccc(-c7ccc8oc9ccccc9c8c7)cc6c6c7c8ccccc8n(-c8ccccc8)c7ccc65)c5c4oc4ccccc45)n3)cc2)cc1. The second kappa shape index (κ2) is 16.6. The first-order valence-electron chi connectivity index (χ1n) is 25.6. The average Bonchev–Trinajstić information content (AvgIpc) is 4.28. The third-order valence-corrected chi connectivity index (χ3v) is 15.2. The van der Waals surface area contributed by atoms with Gasteiger partial charge in [-0.25, -0.2) is 15.0 Å². The maximum atomic E-state index is 7.05. The summed E-state index contributed by atoms with van der Waals surface area (Å²) in [6.45, 7) is 0. The zero-order valence-electron chi connectivity index (χ0n) is 40.7. The summed E-state index contributed by atoms with van der Waals surface area (Å²) in [6, 6.07) is 87.5. The third kappa shape index (κ3) is 6.46. The van der Waals surface area contributed by atoms with Crippen LogP contribution in [-0.4, -0.2) is 24.1 Å². The number of nitrogens with zero attached hydrogens (tertiary/aromatic N) is 5. The molecule has 7 heteroatoms. The van der Waals surface area contributed by atoms with Crippen molar-refractivity contribution < 1.29 is 8.83 Å². The van der Waals surface area contributed by atoms with Gasteiger partial charge in [0.2, 0.25) is 0 Å². The molecule has 0 aliphatic carbocycles. The highest BCUT2D eigenvalue weighted by Crippen LogP contribution is 2.47. The minimum atomic E-state index is 0.524. The zero-order chi connectivity index (χ0) is 49.8. The summed E-state index contributed by atoms with van der Waals surface area (Å²) in [6.07, 6.45) is 0. The second-order valence-corrected chi connectivity index (χ2v) is 19.5. The Morgan fingerprint density at radius 1 is 0.276 bits per heavy atom. The van der Waals surface area contributed by atoms with Crippen molar-refractivity contribution in [2.45, 2.75) is 0 Å². The molecule has 16 aromatic rings. The highest BCUT2D eigenvalue weighted by molar-refractivity contribution is 6.30. The fraction of sp³-hybridized carbons (Fsp3) is 0. The van der Waals surface area contributed by atoms with Crippen LogP contribution < -0.4 is 0 Å². The molecule has 0 spiro atoms. The number of aromatic nitrogens is 5. The number of furan rings is 2. The number of para-hydroxylation sites is 4. The van der Waals surface area contributed by atoms with Gasteiger partial charge in [0, 0.05) is 54.5 Å². The van der Waals surface area contributed by atoms with Crippen molar-refractivity contribution in [1.29, 1.82) is 0 Å². The summed E-state index contributed by atoms with van der Waals surface area (Å²) in [4.78, 5) is 15.6. The van der Waals surface area contributed by atoms with E-state index in [-0.39, 0.29) is 0 Å². The number of hydrogen-bond donors (Lipinski definition) is 0. The lowest BCUT2D eigenvalue weighted by atomic mass is 9.99. The average molecular weight is 972 g/mol. The Kier molecular flexibility index (Phi) is 9.20. The summed E-state index contributed by atoms with van der Waals surface area (Å²) in [7, 11) is 0. The van der Waals surface area contributed by atoms with Crippen molar-refractivity contribution in [2.24, 2.45) is 0 Å². The van der Waals surface area contributed by atoms with Gasteiger partial charge in [-0.05, 0) is 101 Å². The number of rotatable bonds is 7. The van der Waals surface area contributed by atoms with E-state index in [9.17, 15) is 0 Å². The summed E-state index contributed by atoms with van der Waals surface area (Å²) >= 11 is 0. The third-order valence-electron chi connectivity index (χ3n) is 15.2. The van der Waals surface area contributed by atoms with E-state index in [0.717, 1.165) is 116 Å². The van der Waals surface area contributed by atoms with Gasteiger partial charge in [-0.3, -0.25) is 0 Å². The number of fused-ring (bicyclic) bond motifs is 13. The molecule has 5 aromatic heterocycles. The van der Waals surface area contributed by atoms with Crippen molar-refractivity contribution in [3.05, 3.63) is 249 Å². The van der Waals surface area contributed by atoms with Crippen molar-refractivity contribution in [1.82, 2.24) is 24.1 Å². The number of hydrogen-bond acceptors (Lipinski definition) is 5. The monoisotopic (exact) mass is 971 g/mol. The van der Waals surface area contributed by atoms with Crippen LogP contribution in [0.5, 0.6) is 0 Å². The highest BCUT2D eigenvalue weighted by atomic mass is 16.3. The van der Waals surface area contributed by atoms with Crippen LogP contribution in [0.15, 0.2) is 258 Å². The lowest BCUT2D eigenvalue weighted by Gasteiger charge is -2.13. The molecule has 76 heavy (non-hydrogen) atoms. The Hall–Kier alpha value is -10.4. The zero-order valence-corrected chi connectivity index (χ0v) is 40.7. The second-order valence-electron chi connectivity index (χ2n) is 19.5. The fourth-order valence-electron chi connectivity index (χ4n) is 11.7. The normalized spacial score (nSPS) is 11.9. The molecule has 0 radical (unpaired) electrons. The molecule has 11 aromatic carbocycles. The molecule has 354 valence electrons. The molecular weight excluding hydrogens is 931 g/mol. The lowest BCUT2D eigenvalue weighted by molar-refractivity contribution is 0.668. The van der Waals surface area contributed by atoms with Crippen LogP contribution in [0.1, 0.15) is 0 Å². The fourth-order valence-corrected chi connectivity index (χ4v) is 11.7. The maximum absolute atomic E-state index is 7.05. The molecule has 16 rings (SSSR count). The molecule has 0 amide bonds. The molecular formula is C69H41N5O2. The van der Waals surface area contributed by atoms with Crippen molar-refractivity contribution in [3.63, 3.8) is 0 Å². The van der Waals surface area contributed by atoms with Crippen LogP contribution in [0.4, 0.5) is 0 Å². The lowest BCUT2D eigenvalue weighted by Crippen LogP contribution is -2.01. The minimum absolute atomic E-state index is 0.524. The van der Waals surface area contributed by atoms with Crippen LogP contribution in [0.2, 0.25) is 0 Å². The molecule has 0 saturated heterocycles. The van der Waals surface area contributed by atoms with E-state index in [0.29, 0.717) is 23.1 Å². The standard InChI is InChI=1S/C69H41N5O2/c1-4-16-42(17-5-1)43-28-30-45(31-29-43)68-70-67(44-18-6-2-7-19-44)71-69(72-68)52-34-36-59(65-51-24-12-15-27-61(51)76-66(52)65)74-56-35-32-46(47-33-39-62-53(40-47)49-22-11-14-26-60(49)75-62)41-54(56)64-58(74)38-37-57-63(64)50-23-10-13-25-55(50)73(57)48-20-8-3-9-21-48/h1-41H. The highest BCUT2D eigenvalue weighted by Gasteiger charge is 2.26. The first-order valence-corrected chi connectivity index (χ1v) is 25.6. The first-order chi connectivity index (χ1) is 37.7. The molecule has 0 N–H and O–H groups in total. The Labute approximate surface area is 434 Å². The van der Waals surface area contributed by atoms with Crippen LogP contribution in [-0.2, 0) is 0 Å². The van der Waals surface area contributed by atoms with Gasteiger partial charge < -0.3 is 18.0 Å². The summed E-state index contributed by atoms with van der Waals surface area (Å²) in [5, 5.41) is 8.87. The van der Waals surface area contributed by atoms with Crippen LogP contribution in [0, 0.1) is 0 Å². The van der Waals surface area contributed by atoms with Gasteiger partial charge in [0.15, 0.2) is 17.5 Å². The Balaban J connectivity index is 0.961. The van der Waals surface area contributed by atoms with E-state index in [1.165, 1.54) is 16.2 Å². The molecule has 0 bridgehead atoms. The summed E-state index contributed by atoms with van der Waals surface area (Å²) in [5.74, 6) is 1.68. The molecule has 0 unspecified atom stereocenters. The van der Waals surface area contributed by atoms with E-state index >= 15 is 0 Å². The quantitative estimate of drug-likeness (QED) is 0.159. The molecule has 5 heterocycles. The predicted molar refractivity (Wildman–Crippen MR) is 310 cm³/mol. The van der Waals surface area contributed by atoms with Gasteiger partial charge in [-0.15, -0.1) is 0 Å².